The van der Waals surface area contributed by atoms with Crippen LogP contribution in [-0.4, -0.2) is 47.7 Å². The number of carbonyl (C=O) groups is 1. The molecule has 1 aromatic rings. The van der Waals surface area contributed by atoms with E-state index in [4.69, 9.17) is 4.74 Å². The summed E-state index contributed by atoms with van der Waals surface area (Å²) in [6.45, 7) is 2.27. The van der Waals surface area contributed by atoms with Gasteiger partial charge in [0.1, 0.15) is 0 Å². The van der Waals surface area contributed by atoms with Crippen molar-refractivity contribution in [1.29, 1.82) is 0 Å². The van der Waals surface area contributed by atoms with Crippen LogP contribution in [0.25, 0.3) is 0 Å². The van der Waals surface area contributed by atoms with Crippen LogP contribution in [0.4, 0.5) is 0 Å². The minimum absolute atomic E-state index is 0.0265. The molecule has 2 atom stereocenters. The van der Waals surface area contributed by atoms with Gasteiger partial charge in [0.25, 0.3) is 0 Å². The normalized spacial score (nSPS) is 26.0. The molecule has 0 aromatic carbocycles. The maximum absolute atomic E-state index is 12.7. The molecule has 2 aliphatic heterocycles. The van der Waals surface area contributed by atoms with Crippen LogP contribution < -0.4 is 5.32 Å². The quantitative estimate of drug-likeness (QED) is 0.902. The first-order valence-electron chi connectivity index (χ1n) is 7.07. The van der Waals surface area contributed by atoms with Crippen molar-refractivity contribution in [2.75, 3.05) is 24.8 Å². The molecular weight excluding hydrogens is 292 g/mol. The van der Waals surface area contributed by atoms with Gasteiger partial charge in [-0.3, -0.25) is 10.1 Å². The summed E-state index contributed by atoms with van der Waals surface area (Å²) in [6, 6.07) is 4.11. The molecule has 1 aromatic heterocycles. The predicted molar refractivity (Wildman–Crippen MR) is 83.0 cm³/mol. The third-order valence-electron chi connectivity index (χ3n) is 3.70. The highest BCUT2D eigenvalue weighted by Gasteiger charge is 2.30. The van der Waals surface area contributed by atoms with Gasteiger partial charge in [0.15, 0.2) is 0 Å². The second-order valence-corrected chi connectivity index (χ2v) is 7.27. The minimum atomic E-state index is -0.0265. The molecule has 1 N–H and O–H groups in total. The third-order valence-corrected chi connectivity index (χ3v) is 5.50. The van der Waals surface area contributed by atoms with Crippen molar-refractivity contribution >= 4 is 29.0 Å². The van der Waals surface area contributed by atoms with E-state index in [1.165, 1.54) is 4.88 Å². The highest BCUT2D eigenvalue weighted by atomic mass is 32.2. The Hall–Kier alpha value is -0.560. The van der Waals surface area contributed by atoms with E-state index < -0.39 is 0 Å². The predicted octanol–water partition coefficient (Wildman–Crippen LogP) is 1.92. The van der Waals surface area contributed by atoms with Crippen LogP contribution in [0.1, 0.15) is 17.7 Å². The molecule has 110 valence electrons. The van der Waals surface area contributed by atoms with Crippen molar-refractivity contribution in [3.63, 3.8) is 0 Å². The van der Waals surface area contributed by atoms with Gasteiger partial charge < -0.3 is 9.64 Å². The second-order valence-electron chi connectivity index (χ2n) is 5.20. The third kappa shape index (κ3) is 3.55. The summed E-state index contributed by atoms with van der Waals surface area (Å²) in [4.78, 5) is 15.9. The summed E-state index contributed by atoms with van der Waals surface area (Å²) in [7, 11) is 0. The van der Waals surface area contributed by atoms with Crippen LogP contribution in [0, 0.1) is 0 Å². The van der Waals surface area contributed by atoms with E-state index in [0.29, 0.717) is 6.54 Å². The number of nitrogens with one attached hydrogen (secondary N) is 1. The molecular formula is C14H20N2O2S2. The Bertz CT molecular complexity index is 426. The summed E-state index contributed by atoms with van der Waals surface area (Å²) >= 11 is 3.50. The van der Waals surface area contributed by atoms with E-state index in [0.717, 1.165) is 37.6 Å². The fourth-order valence-electron chi connectivity index (χ4n) is 2.63. The molecule has 2 unspecified atom stereocenters. The molecule has 6 heteroatoms. The Morgan fingerprint density at radius 1 is 1.55 bits per heavy atom. The Kier molecular flexibility index (Phi) is 4.99. The van der Waals surface area contributed by atoms with E-state index in [1.807, 2.05) is 11.0 Å². The molecule has 1 amide bonds. The number of amides is 1. The Morgan fingerprint density at radius 3 is 3.15 bits per heavy atom. The first-order chi connectivity index (χ1) is 9.83. The van der Waals surface area contributed by atoms with Gasteiger partial charge in [-0.1, -0.05) is 6.07 Å². The number of nitrogens with zero attached hydrogens (tertiary/aromatic N) is 1. The number of hydrogen-bond donors (Lipinski definition) is 1. The molecule has 0 bridgehead atoms. The smallest absolute Gasteiger partial charge is 0.241 e. The first-order valence-corrected chi connectivity index (χ1v) is 9.10. The molecule has 3 heterocycles. The monoisotopic (exact) mass is 312 g/mol. The Morgan fingerprint density at radius 2 is 2.50 bits per heavy atom. The number of carbonyl (C=O) groups excluding carboxylic acids is 1. The zero-order valence-electron chi connectivity index (χ0n) is 11.4. The summed E-state index contributed by atoms with van der Waals surface area (Å²) in [5.41, 5.74) is 0. The highest BCUT2D eigenvalue weighted by Crippen LogP contribution is 2.20. The average Bonchev–Trinajstić information content (AvgIpc) is 3.20. The van der Waals surface area contributed by atoms with E-state index in [1.54, 1.807) is 23.1 Å². The van der Waals surface area contributed by atoms with Crippen LogP contribution in [-0.2, 0) is 16.1 Å². The summed E-state index contributed by atoms with van der Waals surface area (Å²) in [6.07, 6.45) is 2.40. The van der Waals surface area contributed by atoms with Gasteiger partial charge in [0.2, 0.25) is 5.91 Å². The Labute approximate surface area is 127 Å². The standard InChI is InChI=1S/C14H20N2O2S2/c17-14(13-9-19-10-15-13)16(7-11-3-1-5-18-11)8-12-4-2-6-20-12/h2,4,6,11,13,15H,1,3,5,7-10H2. The van der Waals surface area contributed by atoms with Crippen molar-refractivity contribution < 1.29 is 9.53 Å². The molecule has 4 nitrogen and oxygen atoms in total. The molecule has 2 fully saturated rings. The van der Waals surface area contributed by atoms with Crippen molar-refractivity contribution in [3.05, 3.63) is 22.4 Å². The lowest BCUT2D eigenvalue weighted by atomic mass is 10.2. The average molecular weight is 312 g/mol. The number of thioether (sulfide) groups is 1. The fraction of sp³-hybridized carbons (Fsp3) is 0.643. The summed E-state index contributed by atoms with van der Waals surface area (Å²) in [5.74, 6) is 1.98. The zero-order chi connectivity index (χ0) is 13.8. The van der Waals surface area contributed by atoms with Gasteiger partial charge in [-0.05, 0) is 24.3 Å². The van der Waals surface area contributed by atoms with Crippen molar-refractivity contribution in [2.24, 2.45) is 0 Å². The van der Waals surface area contributed by atoms with Gasteiger partial charge >= 0.3 is 0 Å². The van der Waals surface area contributed by atoms with Gasteiger partial charge in [0, 0.05) is 29.7 Å². The number of hydrogen-bond acceptors (Lipinski definition) is 5. The van der Waals surface area contributed by atoms with E-state index in [2.05, 4.69) is 16.8 Å². The lowest BCUT2D eigenvalue weighted by molar-refractivity contribution is -0.134. The largest absolute Gasteiger partial charge is 0.376 e. The van der Waals surface area contributed by atoms with Gasteiger partial charge in [-0.2, -0.15) is 0 Å². The van der Waals surface area contributed by atoms with Crippen LogP contribution in [0.5, 0.6) is 0 Å². The molecule has 2 aliphatic rings. The van der Waals surface area contributed by atoms with Gasteiger partial charge in [-0.25, -0.2) is 0 Å². The second kappa shape index (κ2) is 6.93. The zero-order valence-corrected chi connectivity index (χ0v) is 13.0. The first kappa shape index (κ1) is 14.4. The van der Waals surface area contributed by atoms with Crippen LogP contribution in [0.3, 0.4) is 0 Å². The molecule has 0 radical (unpaired) electrons. The van der Waals surface area contributed by atoms with Gasteiger partial charge in [-0.15, -0.1) is 23.1 Å². The van der Waals surface area contributed by atoms with E-state index in [9.17, 15) is 4.79 Å². The SMILES string of the molecule is O=C(C1CSCN1)N(Cc1cccs1)CC1CCCO1. The summed E-state index contributed by atoms with van der Waals surface area (Å²) in [5, 5.41) is 5.34. The number of rotatable bonds is 5. The number of ether oxygens (including phenoxy) is 1. The molecule has 20 heavy (non-hydrogen) atoms. The maximum atomic E-state index is 12.7. The van der Waals surface area contributed by atoms with Crippen molar-refractivity contribution in [1.82, 2.24) is 10.2 Å². The molecule has 3 rings (SSSR count). The van der Waals surface area contributed by atoms with Crippen molar-refractivity contribution in [2.45, 2.75) is 31.5 Å². The van der Waals surface area contributed by atoms with Crippen LogP contribution >= 0.6 is 23.1 Å². The topological polar surface area (TPSA) is 41.6 Å². The Balaban J connectivity index is 1.66. The molecule has 0 spiro atoms. The van der Waals surface area contributed by atoms with E-state index in [-0.39, 0.29) is 18.1 Å². The minimum Gasteiger partial charge on any atom is -0.376 e. The summed E-state index contributed by atoms with van der Waals surface area (Å²) < 4.78 is 5.70. The molecule has 0 saturated carbocycles. The molecule has 2 saturated heterocycles. The van der Waals surface area contributed by atoms with Gasteiger partial charge in [0.05, 0.1) is 18.7 Å². The fourth-order valence-corrected chi connectivity index (χ4v) is 4.28. The highest BCUT2D eigenvalue weighted by molar-refractivity contribution is 7.99. The van der Waals surface area contributed by atoms with Crippen molar-refractivity contribution in [3.8, 4) is 0 Å². The lowest BCUT2D eigenvalue weighted by Crippen LogP contribution is -2.47. The lowest BCUT2D eigenvalue weighted by Gasteiger charge is -2.27. The maximum Gasteiger partial charge on any atom is 0.241 e. The number of thiophene rings is 1. The molecule has 0 aliphatic carbocycles. The van der Waals surface area contributed by atoms with E-state index >= 15 is 0 Å². The van der Waals surface area contributed by atoms with Crippen LogP contribution in [0.15, 0.2) is 17.5 Å². The van der Waals surface area contributed by atoms with Crippen LogP contribution in [0.2, 0.25) is 0 Å².